The largest absolute Gasteiger partial charge is 0.299 e. The predicted octanol–water partition coefficient (Wildman–Crippen LogP) is 2.38. The lowest BCUT2D eigenvalue weighted by Crippen LogP contribution is -2.37. The normalized spacial score (nSPS) is 18.6. The summed E-state index contributed by atoms with van der Waals surface area (Å²) in [6, 6.07) is 0. The predicted molar refractivity (Wildman–Crippen MR) is 106 cm³/mol. The van der Waals surface area contributed by atoms with Crippen molar-refractivity contribution in [3.63, 3.8) is 0 Å². The Labute approximate surface area is 161 Å². The van der Waals surface area contributed by atoms with Gasteiger partial charge in [0.25, 0.3) is 5.56 Å². The molecule has 6 heteroatoms. The molecule has 0 atom stereocenters. The van der Waals surface area contributed by atoms with E-state index in [9.17, 15) is 4.79 Å². The van der Waals surface area contributed by atoms with E-state index in [0.717, 1.165) is 56.7 Å². The summed E-state index contributed by atoms with van der Waals surface area (Å²) in [6.45, 7) is 7.77. The number of aromatic nitrogens is 4. The molecule has 3 heterocycles. The molecule has 0 saturated carbocycles. The summed E-state index contributed by atoms with van der Waals surface area (Å²) in [5, 5.41) is 4.76. The first-order chi connectivity index (χ1) is 13.0. The fourth-order valence-corrected chi connectivity index (χ4v) is 4.57. The third kappa shape index (κ3) is 3.72. The minimum atomic E-state index is 0.117. The number of likely N-dealkylation sites (tertiary alicyclic amines) is 1. The zero-order valence-electron chi connectivity index (χ0n) is 16.9. The molecule has 0 aromatic carbocycles. The molecular weight excluding hydrogens is 338 g/mol. The number of rotatable bonds is 4. The molecule has 0 unspecified atom stereocenters. The number of hydrogen-bond donors (Lipinski definition) is 0. The van der Waals surface area contributed by atoms with Crippen molar-refractivity contribution in [3.05, 3.63) is 44.9 Å². The van der Waals surface area contributed by atoms with E-state index in [1.165, 1.54) is 36.2 Å². The van der Waals surface area contributed by atoms with E-state index in [1.807, 2.05) is 13.8 Å². The zero-order valence-corrected chi connectivity index (χ0v) is 16.9. The molecule has 2 aromatic heterocycles. The number of fused-ring (bicyclic) bond motifs is 1. The standard InChI is InChI=1S/C21H31N5O/c1-15-16(2)22-14-26(21(15)27)12-17-8-10-25(11-9-17)13-20-18-6-4-5-7-19(18)23-24(20)3/h14,17H,4-13H2,1-3H3. The van der Waals surface area contributed by atoms with E-state index in [0.29, 0.717) is 5.92 Å². The molecule has 0 radical (unpaired) electrons. The van der Waals surface area contributed by atoms with Crippen LogP contribution in [0.1, 0.15) is 53.9 Å². The Bertz CT molecular complexity index is 873. The Morgan fingerprint density at radius 3 is 2.67 bits per heavy atom. The highest BCUT2D eigenvalue weighted by Gasteiger charge is 2.24. The van der Waals surface area contributed by atoms with Gasteiger partial charge in [0.05, 0.1) is 17.7 Å². The lowest BCUT2D eigenvalue weighted by atomic mass is 9.94. The van der Waals surface area contributed by atoms with E-state index in [1.54, 1.807) is 10.9 Å². The average molecular weight is 370 g/mol. The van der Waals surface area contributed by atoms with Crippen LogP contribution < -0.4 is 5.56 Å². The van der Waals surface area contributed by atoms with Crippen LogP contribution in [-0.2, 0) is 33.0 Å². The molecule has 0 amide bonds. The maximum Gasteiger partial charge on any atom is 0.256 e. The first-order valence-corrected chi connectivity index (χ1v) is 10.3. The van der Waals surface area contributed by atoms with Crippen molar-refractivity contribution in [2.24, 2.45) is 13.0 Å². The highest BCUT2D eigenvalue weighted by atomic mass is 16.1. The molecule has 1 saturated heterocycles. The van der Waals surface area contributed by atoms with Crippen molar-refractivity contribution in [3.8, 4) is 0 Å². The van der Waals surface area contributed by atoms with Gasteiger partial charge in [0.1, 0.15) is 0 Å². The van der Waals surface area contributed by atoms with Gasteiger partial charge in [0, 0.05) is 31.4 Å². The molecule has 0 N–H and O–H groups in total. The summed E-state index contributed by atoms with van der Waals surface area (Å²) < 4.78 is 3.92. The van der Waals surface area contributed by atoms with Crippen molar-refractivity contribution in [1.29, 1.82) is 0 Å². The van der Waals surface area contributed by atoms with Gasteiger partial charge >= 0.3 is 0 Å². The summed E-state index contributed by atoms with van der Waals surface area (Å²) in [5.41, 5.74) is 5.99. The van der Waals surface area contributed by atoms with Gasteiger partial charge in [0.2, 0.25) is 0 Å². The maximum atomic E-state index is 12.4. The van der Waals surface area contributed by atoms with Crippen LogP contribution in [0.25, 0.3) is 0 Å². The van der Waals surface area contributed by atoms with Crippen LogP contribution >= 0.6 is 0 Å². The molecule has 2 aromatic rings. The van der Waals surface area contributed by atoms with Crippen LogP contribution in [0.2, 0.25) is 0 Å². The summed E-state index contributed by atoms with van der Waals surface area (Å²) in [7, 11) is 2.10. The number of hydrogen-bond acceptors (Lipinski definition) is 4. The minimum Gasteiger partial charge on any atom is -0.299 e. The second-order valence-corrected chi connectivity index (χ2v) is 8.33. The number of piperidine rings is 1. The van der Waals surface area contributed by atoms with Gasteiger partial charge in [-0.3, -0.25) is 18.9 Å². The van der Waals surface area contributed by atoms with E-state index in [2.05, 4.69) is 21.6 Å². The Kier molecular flexibility index (Phi) is 5.17. The summed E-state index contributed by atoms with van der Waals surface area (Å²) in [6.07, 6.45) is 8.91. The highest BCUT2D eigenvalue weighted by molar-refractivity contribution is 5.28. The van der Waals surface area contributed by atoms with Crippen LogP contribution in [-0.4, -0.2) is 37.3 Å². The van der Waals surface area contributed by atoms with Crippen LogP contribution in [0, 0.1) is 19.8 Å². The van der Waals surface area contributed by atoms with E-state index in [-0.39, 0.29) is 5.56 Å². The Balaban J connectivity index is 1.37. The fraction of sp³-hybridized carbons (Fsp3) is 0.667. The molecule has 2 aliphatic rings. The van der Waals surface area contributed by atoms with Gasteiger partial charge in [-0.2, -0.15) is 5.10 Å². The first kappa shape index (κ1) is 18.4. The topological polar surface area (TPSA) is 56.0 Å². The van der Waals surface area contributed by atoms with E-state index >= 15 is 0 Å². The highest BCUT2D eigenvalue weighted by Crippen LogP contribution is 2.26. The van der Waals surface area contributed by atoms with Gasteiger partial charge < -0.3 is 0 Å². The molecule has 146 valence electrons. The summed E-state index contributed by atoms with van der Waals surface area (Å²) >= 11 is 0. The first-order valence-electron chi connectivity index (χ1n) is 10.3. The van der Waals surface area contributed by atoms with E-state index in [4.69, 9.17) is 5.10 Å². The maximum absolute atomic E-state index is 12.4. The second kappa shape index (κ2) is 7.58. The molecular formula is C21H31N5O. The van der Waals surface area contributed by atoms with Gasteiger partial charge in [-0.05, 0) is 76.9 Å². The van der Waals surface area contributed by atoms with Gasteiger partial charge in [-0.15, -0.1) is 0 Å². The van der Waals surface area contributed by atoms with Crippen molar-refractivity contribution in [2.75, 3.05) is 13.1 Å². The minimum absolute atomic E-state index is 0.117. The van der Waals surface area contributed by atoms with Crippen LogP contribution in [0.5, 0.6) is 0 Å². The van der Waals surface area contributed by atoms with Gasteiger partial charge in [-0.25, -0.2) is 4.98 Å². The molecule has 27 heavy (non-hydrogen) atoms. The molecule has 1 aliphatic heterocycles. The number of aryl methyl sites for hydroxylation is 3. The molecule has 1 aliphatic carbocycles. The van der Waals surface area contributed by atoms with E-state index < -0.39 is 0 Å². The van der Waals surface area contributed by atoms with Crippen LogP contribution in [0.4, 0.5) is 0 Å². The smallest absolute Gasteiger partial charge is 0.256 e. The Morgan fingerprint density at radius 2 is 1.89 bits per heavy atom. The Morgan fingerprint density at radius 1 is 1.15 bits per heavy atom. The SMILES string of the molecule is Cc1ncn(CC2CCN(Cc3c4c(nn3C)CCCC4)CC2)c(=O)c1C. The molecule has 6 nitrogen and oxygen atoms in total. The quantitative estimate of drug-likeness (QED) is 0.830. The fourth-order valence-electron chi connectivity index (χ4n) is 4.57. The van der Waals surface area contributed by atoms with Gasteiger partial charge in [0.15, 0.2) is 0 Å². The zero-order chi connectivity index (χ0) is 19.0. The lowest BCUT2D eigenvalue weighted by Gasteiger charge is -2.32. The molecule has 1 fully saturated rings. The second-order valence-electron chi connectivity index (χ2n) is 8.33. The van der Waals surface area contributed by atoms with Crippen molar-refractivity contribution >= 4 is 0 Å². The Hall–Kier alpha value is -1.95. The molecule has 0 bridgehead atoms. The van der Waals surface area contributed by atoms with Crippen molar-refractivity contribution in [2.45, 2.75) is 65.5 Å². The van der Waals surface area contributed by atoms with Gasteiger partial charge in [-0.1, -0.05) is 0 Å². The number of nitrogens with zero attached hydrogens (tertiary/aromatic N) is 5. The van der Waals surface area contributed by atoms with Crippen LogP contribution in [0.15, 0.2) is 11.1 Å². The third-order valence-corrected chi connectivity index (χ3v) is 6.50. The molecule has 0 spiro atoms. The van der Waals surface area contributed by atoms with Crippen molar-refractivity contribution in [1.82, 2.24) is 24.2 Å². The summed E-state index contributed by atoms with van der Waals surface area (Å²) in [5.74, 6) is 0.559. The third-order valence-electron chi connectivity index (χ3n) is 6.50. The lowest BCUT2D eigenvalue weighted by molar-refractivity contribution is 0.162. The summed E-state index contributed by atoms with van der Waals surface area (Å²) in [4.78, 5) is 19.3. The molecule has 4 rings (SSSR count). The average Bonchev–Trinajstić information content (AvgIpc) is 2.99. The van der Waals surface area contributed by atoms with Crippen LogP contribution in [0.3, 0.4) is 0 Å². The monoisotopic (exact) mass is 369 g/mol. The van der Waals surface area contributed by atoms with Crippen molar-refractivity contribution < 1.29 is 0 Å².